The second-order valence-corrected chi connectivity index (χ2v) is 5.39. The van der Waals surface area contributed by atoms with Gasteiger partial charge in [-0.1, -0.05) is 29.8 Å². The molecule has 4 nitrogen and oxygen atoms in total. The number of hydrogen-bond donors (Lipinski definition) is 0. The summed E-state index contributed by atoms with van der Waals surface area (Å²) in [6.07, 6.45) is 3.24. The Morgan fingerprint density at radius 2 is 2.00 bits per heavy atom. The smallest absolute Gasteiger partial charge is 0.180 e. The molecule has 0 bridgehead atoms. The maximum absolute atomic E-state index is 6.20. The van der Waals surface area contributed by atoms with Gasteiger partial charge in [0.15, 0.2) is 11.5 Å². The molecule has 0 aliphatic rings. The molecule has 0 fully saturated rings. The van der Waals surface area contributed by atoms with Gasteiger partial charge in [0, 0.05) is 21.0 Å². The minimum atomic E-state index is 0.507. The molecule has 0 atom stereocenters. The van der Waals surface area contributed by atoms with E-state index >= 15 is 0 Å². The average molecular weight is 287 g/mol. The fourth-order valence-corrected chi connectivity index (χ4v) is 3.30. The molecular formula is C13H7ClN4S. The van der Waals surface area contributed by atoms with Crippen LogP contribution in [0, 0.1) is 0 Å². The normalized spacial score (nSPS) is 11.4. The Morgan fingerprint density at radius 1 is 1.11 bits per heavy atom. The Morgan fingerprint density at radius 3 is 2.95 bits per heavy atom. The third kappa shape index (κ3) is 1.55. The first-order valence-electron chi connectivity index (χ1n) is 5.66. The number of halogens is 1. The summed E-state index contributed by atoms with van der Waals surface area (Å²) in [7, 11) is 0. The highest BCUT2D eigenvalue weighted by Gasteiger charge is 2.14. The maximum atomic E-state index is 6.20. The van der Waals surface area contributed by atoms with Gasteiger partial charge >= 0.3 is 0 Å². The van der Waals surface area contributed by atoms with E-state index in [2.05, 4.69) is 32.7 Å². The number of fused-ring (bicyclic) bond motifs is 2. The van der Waals surface area contributed by atoms with E-state index in [-0.39, 0.29) is 0 Å². The standard InChI is InChI=1S/C13H7ClN4S/c14-11-5-15-6-12-16-17-13(18(11)12)9-7-19-10-4-2-1-3-8(9)10/h1-7H. The molecule has 0 unspecified atom stereocenters. The molecule has 3 heterocycles. The predicted octanol–water partition coefficient (Wildman–Crippen LogP) is 3.66. The van der Waals surface area contributed by atoms with Crippen LogP contribution in [-0.2, 0) is 0 Å². The molecule has 6 heteroatoms. The molecule has 92 valence electrons. The molecule has 1 aromatic carbocycles. The van der Waals surface area contributed by atoms with Gasteiger partial charge in [0.2, 0.25) is 0 Å². The Hall–Kier alpha value is -1.98. The minimum Gasteiger partial charge on any atom is -0.262 e. The van der Waals surface area contributed by atoms with E-state index in [4.69, 9.17) is 11.6 Å². The van der Waals surface area contributed by atoms with Crippen molar-refractivity contribution in [2.75, 3.05) is 0 Å². The first kappa shape index (κ1) is 10.9. The van der Waals surface area contributed by atoms with Crippen molar-refractivity contribution in [3.8, 4) is 11.4 Å². The quantitative estimate of drug-likeness (QED) is 0.536. The lowest BCUT2D eigenvalue weighted by molar-refractivity contribution is 1.11. The number of aromatic nitrogens is 4. The molecule has 0 amide bonds. The van der Waals surface area contributed by atoms with Crippen molar-refractivity contribution in [2.24, 2.45) is 0 Å². The zero-order valence-electron chi connectivity index (χ0n) is 9.62. The number of hydrogen-bond acceptors (Lipinski definition) is 4. The highest BCUT2D eigenvalue weighted by Crippen LogP contribution is 2.33. The summed E-state index contributed by atoms with van der Waals surface area (Å²) in [6.45, 7) is 0. The molecule has 19 heavy (non-hydrogen) atoms. The van der Waals surface area contributed by atoms with Gasteiger partial charge < -0.3 is 0 Å². The van der Waals surface area contributed by atoms with Gasteiger partial charge in [-0.3, -0.25) is 9.38 Å². The van der Waals surface area contributed by atoms with Crippen molar-refractivity contribution in [1.82, 2.24) is 19.6 Å². The van der Waals surface area contributed by atoms with Crippen LogP contribution >= 0.6 is 22.9 Å². The largest absolute Gasteiger partial charge is 0.262 e. The van der Waals surface area contributed by atoms with E-state index in [1.54, 1.807) is 23.7 Å². The molecular weight excluding hydrogens is 280 g/mol. The van der Waals surface area contributed by atoms with Crippen LogP contribution in [0.5, 0.6) is 0 Å². The average Bonchev–Trinajstić information content (AvgIpc) is 3.02. The number of nitrogens with zero attached hydrogens (tertiary/aromatic N) is 4. The van der Waals surface area contributed by atoms with Crippen LogP contribution in [0.3, 0.4) is 0 Å². The van der Waals surface area contributed by atoms with Gasteiger partial charge in [-0.25, -0.2) is 0 Å². The minimum absolute atomic E-state index is 0.507. The first-order chi connectivity index (χ1) is 9.34. The summed E-state index contributed by atoms with van der Waals surface area (Å²) < 4.78 is 3.03. The third-order valence-corrected chi connectivity index (χ3v) is 4.22. The van der Waals surface area contributed by atoms with Crippen LogP contribution in [0.2, 0.25) is 5.15 Å². The van der Waals surface area contributed by atoms with Crippen LogP contribution in [0.25, 0.3) is 27.1 Å². The lowest BCUT2D eigenvalue weighted by Gasteiger charge is -2.00. The fourth-order valence-electron chi connectivity index (χ4n) is 2.14. The van der Waals surface area contributed by atoms with E-state index in [9.17, 15) is 0 Å². The van der Waals surface area contributed by atoms with Crippen LogP contribution in [0.1, 0.15) is 0 Å². The van der Waals surface area contributed by atoms with Crippen LogP contribution in [0.15, 0.2) is 42.0 Å². The van der Waals surface area contributed by atoms with Gasteiger partial charge in [-0.2, -0.15) is 0 Å². The van der Waals surface area contributed by atoms with Gasteiger partial charge in [0.05, 0.1) is 12.4 Å². The van der Waals surface area contributed by atoms with Crippen LogP contribution in [0.4, 0.5) is 0 Å². The number of benzene rings is 1. The molecule has 4 aromatic rings. The van der Waals surface area contributed by atoms with E-state index in [1.807, 2.05) is 16.5 Å². The van der Waals surface area contributed by atoms with Gasteiger partial charge in [-0.05, 0) is 6.07 Å². The highest BCUT2D eigenvalue weighted by atomic mass is 35.5. The molecule has 0 saturated heterocycles. The Labute approximate surface area is 117 Å². The fraction of sp³-hybridized carbons (Fsp3) is 0. The number of rotatable bonds is 1. The Kier molecular flexibility index (Phi) is 2.30. The summed E-state index contributed by atoms with van der Waals surface area (Å²) in [5.41, 5.74) is 1.69. The molecule has 4 rings (SSSR count). The molecule has 3 aromatic heterocycles. The number of thiophene rings is 1. The Bertz CT molecular complexity index is 896. The lowest BCUT2D eigenvalue weighted by Crippen LogP contribution is -1.91. The summed E-state index contributed by atoms with van der Waals surface area (Å²) in [5.74, 6) is 0.750. The summed E-state index contributed by atoms with van der Waals surface area (Å²) in [4.78, 5) is 4.02. The van der Waals surface area contributed by atoms with Gasteiger partial charge in [0.25, 0.3) is 0 Å². The van der Waals surface area contributed by atoms with Crippen molar-refractivity contribution in [3.05, 3.63) is 47.2 Å². The topological polar surface area (TPSA) is 43.1 Å². The Balaban J connectivity index is 2.10. The zero-order valence-corrected chi connectivity index (χ0v) is 11.2. The SMILES string of the molecule is Clc1cncc2nnc(-c3csc4ccccc34)n12. The summed E-state index contributed by atoms with van der Waals surface area (Å²) in [5, 5.41) is 12.1. The van der Waals surface area contributed by atoms with E-state index in [0.717, 1.165) is 16.8 Å². The molecule has 0 N–H and O–H groups in total. The van der Waals surface area contributed by atoms with E-state index in [0.29, 0.717) is 10.8 Å². The predicted molar refractivity (Wildman–Crippen MR) is 76.6 cm³/mol. The molecule has 0 aliphatic heterocycles. The molecule has 0 spiro atoms. The zero-order chi connectivity index (χ0) is 12.8. The first-order valence-corrected chi connectivity index (χ1v) is 6.91. The van der Waals surface area contributed by atoms with E-state index in [1.165, 1.54) is 4.70 Å². The van der Waals surface area contributed by atoms with Crippen molar-refractivity contribution < 1.29 is 0 Å². The second-order valence-electron chi connectivity index (χ2n) is 4.09. The second kappa shape index (κ2) is 4.01. The van der Waals surface area contributed by atoms with Crippen molar-refractivity contribution in [3.63, 3.8) is 0 Å². The molecule has 0 aliphatic carbocycles. The van der Waals surface area contributed by atoms with E-state index < -0.39 is 0 Å². The summed E-state index contributed by atoms with van der Waals surface area (Å²) >= 11 is 7.88. The van der Waals surface area contributed by atoms with Crippen LogP contribution in [-0.4, -0.2) is 19.6 Å². The monoisotopic (exact) mass is 286 g/mol. The molecule has 0 saturated carbocycles. The van der Waals surface area contributed by atoms with Gasteiger partial charge in [0.1, 0.15) is 5.15 Å². The van der Waals surface area contributed by atoms with Crippen LogP contribution < -0.4 is 0 Å². The van der Waals surface area contributed by atoms with Crippen molar-refractivity contribution in [1.29, 1.82) is 0 Å². The van der Waals surface area contributed by atoms with Crippen molar-refractivity contribution in [2.45, 2.75) is 0 Å². The molecule has 0 radical (unpaired) electrons. The maximum Gasteiger partial charge on any atom is 0.180 e. The highest BCUT2D eigenvalue weighted by molar-refractivity contribution is 7.17. The third-order valence-electron chi connectivity index (χ3n) is 2.99. The summed E-state index contributed by atoms with van der Waals surface area (Å²) in [6, 6.07) is 8.22. The van der Waals surface area contributed by atoms with Crippen molar-refractivity contribution >= 4 is 38.7 Å². The lowest BCUT2D eigenvalue weighted by atomic mass is 10.2. The van der Waals surface area contributed by atoms with Gasteiger partial charge in [-0.15, -0.1) is 21.5 Å².